The zero-order valence-corrected chi connectivity index (χ0v) is 20.8. The number of hydrogen-bond donors (Lipinski definition) is 1. The topological polar surface area (TPSA) is 82.5 Å². The summed E-state index contributed by atoms with van der Waals surface area (Å²) in [5, 5.41) is 21.0. The second-order valence-electron chi connectivity index (χ2n) is 10.7. The van der Waals surface area contributed by atoms with Crippen molar-refractivity contribution in [2.75, 3.05) is 31.6 Å². The van der Waals surface area contributed by atoms with E-state index in [0.717, 1.165) is 24.3 Å². The zero-order valence-electron chi connectivity index (χ0n) is 20.8. The Labute approximate surface area is 206 Å². The van der Waals surface area contributed by atoms with Crippen LogP contribution in [0.3, 0.4) is 0 Å². The number of carbonyl (C=O) groups is 1. The summed E-state index contributed by atoms with van der Waals surface area (Å²) in [7, 11) is 2.06. The molecule has 1 aromatic carbocycles. The van der Waals surface area contributed by atoms with Crippen molar-refractivity contribution in [3.63, 3.8) is 0 Å². The van der Waals surface area contributed by atoms with Crippen LogP contribution in [0.1, 0.15) is 61.4 Å². The number of pyridine rings is 1. The lowest BCUT2D eigenvalue weighted by atomic mass is 9.62. The van der Waals surface area contributed by atoms with Gasteiger partial charge in [0.25, 0.3) is 0 Å². The molecule has 3 aromatic rings. The van der Waals surface area contributed by atoms with Crippen molar-refractivity contribution < 1.29 is 9.90 Å². The number of rotatable bonds is 6. The van der Waals surface area contributed by atoms with E-state index < -0.39 is 11.0 Å². The van der Waals surface area contributed by atoms with Crippen molar-refractivity contribution in [3.8, 4) is 0 Å². The smallest absolute Gasteiger partial charge is 0.228 e. The second kappa shape index (κ2) is 8.81. The fraction of sp³-hybridized carbons (Fsp3) is 0.429. The number of carbonyl (C=O) groups excluding carboxylic acids is 1. The SMILES string of the molecule is CC(C)c1ccc(C(O)(c2cnnc(N3CC(c4ccccn4)CC3=O)c2)C2(C)CN(C)C2)cc1. The fourth-order valence-corrected chi connectivity index (χ4v) is 5.78. The average Bonchev–Trinajstić information content (AvgIpc) is 3.25. The second-order valence-corrected chi connectivity index (χ2v) is 10.7. The van der Waals surface area contributed by atoms with Crippen molar-refractivity contribution in [3.05, 3.63) is 83.3 Å². The molecule has 1 amide bonds. The summed E-state index contributed by atoms with van der Waals surface area (Å²) in [5.74, 6) is 0.880. The molecule has 2 fully saturated rings. The molecule has 0 saturated carbocycles. The molecular weight excluding hydrogens is 438 g/mol. The van der Waals surface area contributed by atoms with Crippen LogP contribution in [0.5, 0.6) is 0 Å². The average molecular weight is 472 g/mol. The van der Waals surface area contributed by atoms with E-state index in [4.69, 9.17) is 0 Å². The van der Waals surface area contributed by atoms with E-state index in [1.165, 1.54) is 5.56 Å². The number of benzene rings is 1. The van der Waals surface area contributed by atoms with Gasteiger partial charge in [0.05, 0.1) is 6.20 Å². The van der Waals surface area contributed by atoms with E-state index in [1.807, 2.05) is 36.4 Å². The van der Waals surface area contributed by atoms with Gasteiger partial charge < -0.3 is 10.0 Å². The first-order chi connectivity index (χ1) is 16.7. The van der Waals surface area contributed by atoms with Gasteiger partial charge in [-0.15, -0.1) is 5.10 Å². The molecular formula is C28H33N5O2. The van der Waals surface area contributed by atoms with Gasteiger partial charge in [0.15, 0.2) is 5.82 Å². The van der Waals surface area contributed by atoms with Gasteiger partial charge in [-0.3, -0.25) is 14.7 Å². The molecule has 2 atom stereocenters. The van der Waals surface area contributed by atoms with Gasteiger partial charge >= 0.3 is 0 Å². The third kappa shape index (κ3) is 4.02. The summed E-state index contributed by atoms with van der Waals surface area (Å²) in [6, 6.07) is 15.8. The lowest BCUT2D eigenvalue weighted by molar-refractivity contribution is -0.127. The number of hydrogen-bond acceptors (Lipinski definition) is 6. The van der Waals surface area contributed by atoms with Crippen LogP contribution in [0.2, 0.25) is 0 Å². The lowest BCUT2D eigenvalue weighted by Gasteiger charge is -2.55. The van der Waals surface area contributed by atoms with Gasteiger partial charge in [0.1, 0.15) is 5.60 Å². The zero-order chi connectivity index (χ0) is 24.8. The minimum atomic E-state index is -1.27. The summed E-state index contributed by atoms with van der Waals surface area (Å²) in [6.45, 7) is 8.42. The summed E-state index contributed by atoms with van der Waals surface area (Å²) >= 11 is 0. The first kappa shape index (κ1) is 23.6. The number of nitrogens with zero attached hydrogens (tertiary/aromatic N) is 5. The lowest BCUT2D eigenvalue weighted by Crippen LogP contribution is -2.63. The highest BCUT2D eigenvalue weighted by molar-refractivity contribution is 5.95. The van der Waals surface area contributed by atoms with Crippen LogP contribution in [0.4, 0.5) is 5.82 Å². The van der Waals surface area contributed by atoms with Crippen LogP contribution in [0.15, 0.2) is 60.9 Å². The maximum Gasteiger partial charge on any atom is 0.228 e. The van der Waals surface area contributed by atoms with E-state index in [-0.39, 0.29) is 11.8 Å². The molecule has 0 bridgehead atoms. The van der Waals surface area contributed by atoms with E-state index in [9.17, 15) is 9.90 Å². The molecule has 7 nitrogen and oxygen atoms in total. The van der Waals surface area contributed by atoms with Crippen LogP contribution in [-0.4, -0.2) is 57.8 Å². The standard InChI is InChI=1S/C28H33N5O2/c1-19(2)20-8-10-22(11-9-20)28(35,27(3)17-32(4)18-27)23-14-25(31-30-15-23)33-16-21(13-26(33)34)24-7-5-6-12-29-24/h5-12,14-15,19,21,35H,13,16-18H2,1-4H3. The van der Waals surface area contributed by atoms with Gasteiger partial charge in [-0.05, 0) is 42.3 Å². The quantitative estimate of drug-likeness (QED) is 0.590. The predicted molar refractivity (Wildman–Crippen MR) is 135 cm³/mol. The third-order valence-corrected chi connectivity index (χ3v) is 7.67. The highest BCUT2D eigenvalue weighted by atomic mass is 16.3. The first-order valence-corrected chi connectivity index (χ1v) is 12.3. The van der Waals surface area contributed by atoms with Gasteiger partial charge in [0.2, 0.25) is 5.91 Å². The molecule has 35 heavy (non-hydrogen) atoms. The number of likely N-dealkylation sites (tertiary alicyclic amines) is 1. The maximum atomic E-state index is 13.0. The van der Waals surface area contributed by atoms with E-state index >= 15 is 0 Å². The fourth-order valence-electron chi connectivity index (χ4n) is 5.78. The molecule has 2 aromatic heterocycles. The van der Waals surface area contributed by atoms with Crippen LogP contribution in [0.25, 0.3) is 0 Å². The molecule has 0 radical (unpaired) electrons. The molecule has 4 heterocycles. The highest BCUT2D eigenvalue weighted by Crippen LogP contribution is 2.50. The molecule has 1 N–H and O–H groups in total. The molecule has 2 unspecified atom stereocenters. The molecule has 2 saturated heterocycles. The molecule has 2 aliphatic heterocycles. The largest absolute Gasteiger partial charge is 0.380 e. The molecule has 5 rings (SSSR count). The minimum absolute atomic E-state index is 0.00785. The summed E-state index contributed by atoms with van der Waals surface area (Å²) in [5.41, 5.74) is 1.93. The monoisotopic (exact) mass is 471 g/mol. The van der Waals surface area contributed by atoms with Crippen molar-refractivity contribution in [2.24, 2.45) is 5.41 Å². The van der Waals surface area contributed by atoms with Gasteiger partial charge in [0, 0.05) is 54.8 Å². The molecule has 182 valence electrons. The molecule has 0 spiro atoms. The Morgan fingerprint density at radius 1 is 1.11 bits per heavy atom. The van der Waals surface area contributed by atoms with E-state index in [0.29, 0.717) is 30.3 Å². The Balaban J connectivity index is 1.52. The van der Waals surface area contributed by atoms with Crippen molar-refractivity contribution in [1.29, 1.82) is 0 Å². The third-order valence-electron chi connectivity index (χ3n) is 7.67. The van der Waals surface area contributed by atoms with Gasteiger partial charge in [-0.1, -0.05) is 51.1 Å². The van der Waals surface area contributed by atoms with E-state index in [1.54, 1.807) is 17.3 Å². The summed E-state index contributed by atoms with van der Waals surface area (Å²) in [6.07, 6.45) is 3.77. The summed E-state index contributed by atoms with van der Waals surface area (Å²) < 4.78 is 0. The van der Waals surface area contributed by atoms with Crippen LogP contribution in [-0.2, 0) is 10.4 Å². The van der Waals surface area contributed by atoms with Crippen molar-refractivity contribution >= 4 is 11.7 Å². The van der Waals surface area contributed by atoms with Crippen LogP contribution < -0.4 is 4.90 Å². The van der Waals surface area contributed by atoms with Gasteiger partial charge in [-0.25, -0.2) is 0 Å². The molecule has 0 aliphatic carbocycles. The van der Waals surface area contributed by atoms with E-state index in [2.05, 4.69) is 60.0 Å². The maximum absolute atomic E-state index is 13.0. The number of amides is 1. The van der Waals surface area contributed by atoms with Gasteiger partial charge in [-0.2, -0.15) is 5.10 Å². The summed E-state index contributed by atoms with van der Waals surface area (Å²) in [4.78, 5) is 21.3. The van der Waals surface area contributed by atoms with Crippen molar-refractivity contribution in [2.45, 2.75) is 44.6 Å². The minimum Gasteiger partial charge on any atom is -0.380 e. The van der Waals surface area contributed by atoms with Crippen LogP contribution in [0, 0.1) is 5.41 Å². The first-order valence-electron chi connectivity index (χ1n) is 12.3. The van der Waals surface area contributed by atoms with Crippen LogP contribution >= 0.6 is 0 Å². The molecule has 2 aliphatic rings. The predicted octanol–water partition coefficient (Wildman–Crippen LogP) is 3.70. The Morgan fingerprint density at radius 2 is 1.86 bits per heavy atom. The Morgan fingerprint density at radius 3 is 2.49 bits per heavy atom. The highest BCUT2D eigenvalue weighted by Gasteiger charge is 2.55. The normalized spacial score (nSPS) is 21.7. The Bertz CT molecular complexity index is 1210. The van der Waals surface area contributed by atoms with Crippen molar-refractivity contribution in [1.82, 2.24) is 20.1 Å². The number of aromatic nitrogens is 3. The molecule has 7 heteroatoms. The Hall–Kier alpha value is -3.16. The Kier molecular flexibility index (Phi) is 5.93. The number of aliphatic hydroxyl groups is 1. The number of anilines is 1.